The predicted octanol–water partition coefficient (Wildman–Crippen LogP) is 1.90. The summed E-state index contributed by atoms with van der Waals surface area (Å²) in [6.07, 6.45) is 2.67. The number of hydrogen-bond acceptors (Lipinski definition) is 5. The molecule has 1 aliphatic carbocycles. The van der Waals surface area contributed by atoms with Crippen LogP contribution in [0.1, 0.15) is 18.4 Å². The molecule has 0 spiro atoms. The van der Waals surface area contributed by atoms with Crippen LogP contribution in [0.15, 0.2) is 12.1 Å². The van der Waals surface area contributed by atoms with Crippen LogP contribution in [0.25, 0.3) is 0 Å². The molecule has 1 fully saturated rings. The van der Waals surface area contributed by atoms with Gasteiger partial charge in [-0.25, -0.2) is 0 Å². The lowest BCUT2D eigenvalue weighted by Gasteiger charge is -2.22. The fourth-order valence-electron chi connectivity index (χ4n) is 2.41. The van der Waals surface area contributed by atoms with Gasteiger partial charge in [0.25, 0.3) is 0 Å². The van der Waals surface area contributed by atoms with Gasteiger partial charge in [0.05, 0.1) is 6.61 Å². The molecule has 1 aromatic rings. The van der Waals surface area contributed by atoms with Crippen LogP contribution in [0.3, 0.4) is 0 Å². The van der Waals surface area contributed by atoms with Crippen LogP contribution in [-0.2, 0) is 11.3 Å². The van der Waals surface area contributed by atoms with E-state index in [-0.39, 0.29) is 0 Å². The van der Waals surface area contributed by atoms with Crippen LogP contribution in [-0.4, -0.2) is 44.9 Å². The molecule has 1 aliphatic heterocycles. The zero-order valence-electron chi connectivity index (χ0n) is 12.6. The second kappa shape index (κ2) is 6.54. The lowest BCUT2D eigenvalue weighted by atomic mass is 10.1. The molecule has 0 atom stereocenters. The molecule has 5 heteroatoms. The van der Waals surface area contributed by atoms with Gasteiger partial charge in [-0.05, 0) is 37.4 Å². The molecule has 3 rings (SSSR count). The van der Waals surface area contributed by atoms with Crippen LogP contribution in [0, 0.1) is 5.92 Å². The van der Waals surface area contributed by atoms with E-state index in [0.717, 1.165) is 55.0 Å². The normalized spacial score (nSPS) is 17.2. The molecule has 0 unspecified atom stereocenters. The van der Waals surface area contributed by atoms with E-state index in [1.54, 1.807) is 0 Å². The quantitative estimate of drug-likeness (QED) is 0.614. The van der Waals surface area contributed by atoms with E-state index in [4.69, 9.17) is 19.9 Å². The van der Waals surface area contributed by atoms with Crippen molar-refractivity contribution < 1.29 is 14.2 Å². The van der Waals surface area contributed by atoms with Crippen molar-refractivity contribution in [1.29, 1.82) is 0 Å². The van der Waals surface area contributed by atoms with Crippen molar-refractivity contribution >= 4 is 5.69 Å². The molecule has 116 valence electrons. The standard InChI is InChI=1S/C16H24N2O3/c1-18(4-5-19-11-12-2-3-12)10-13-8-15-16(9-14(13)17)21-7-6-20-15/h8-9,12H,2-7,10-11,17H2,1H3. The van der Waals surface area contributed by atoms with E-state index in [9.17, 15) is 0 Å². The molecule has 21 heavy (non-hydrogen) atoms. The van der Waals surface area contributed by atoms with Gasteiger partial charge in [0.2, 0.25) is 0 Å². The summed E-state index contributed by atoms with van der Waals surface area (Å²) >= 11 is 0. The third-order valence-electron chi connectivity index (χ3n) is 3.91. The lowest BCUT2D eigenvalue weighted by Crippen LogP contribution is -2.24. The summed E-state index contributed by atoms with van der Waals surface area (Å²) in [5, 5.41) is 0. The molecular formula is C16H24N2O3. The van der Waals surface area contributed by atoms with Crippen molar-refractivity contribution in [3.63, 3.8) is 0 Å². The Balaban J connectivity index is 1.50. The average Bonchev–Trinajstić information content (AvgIpc) is 3.29. The summed E-state index contributed by atoms with van der Waals surface area (Å²) < 4.78 is 16.8. The highest BCUT2D eigenvalue weighted by molar-refractivity contribution is 5.58. The number of likely N-dealkylation sites (N-methyl/N-ethyl adjacent to an activating group) is 1. The largest absolute Gasteiger partial charge is 0.486 e. The number of ether oxygens (including phenoxy) is 3. The molecule has 1 saturated carbocycles. The van der Waals surface area contributed by atoms with Crippen molar-refractivity contribution in [1.82, 2.24) is 4.90 Å². The third-order valence-corrected chi connectivity index (χ3v) is 3.91. The molecule has 0 aromatic heterocycles. The number of nitrogen functional groups attached to an aromatic ring is 1. The second-order valence-corrected chi connectivity index (χ2v) is 5.95. The van der Waals surface area contributed by atoms with Crippen molar-refractivity contribution in [2.45, 2.75) is 19.4 Å². The lowest BCUT2D eigenvalue weighted by molar-refractivity contribution is 0.102. The van der Waals surface area contributed by atoms with Gasteiger partial charge in [0, 0.05) is 31.5 Å². The first-order chi connectivity index (χ1) is 10.2. The summed E-state index contributed by atoms with van der Waals surface area (Å²) in [6, 6.07) is 3.85. The van der Waals surface area contributed by atoms with Crippen LogP contribution >= 0.6 is 0 Å². The first-order valence-electron chi connectivity index (χ1n) is 7.66. The minimum Gasteiger partial charge on any atom is -0.486 e. The Labute approximate surface area is 126 Å². The maximum atomic E-state index is 6.10. The highest BCUT2D eigenvalue weighted by Crippen LogP contribution is 2.34. The molecule has 2 aliphatic rings. The highest BCUT2D eigenvalue weighted by atomic mass is 16.6. The monoisotopic (exact) mass is 292 g/mol. The maximum Gasteiger partial charge on any atom is 0.163 e. The molecule has 1 heterocycles. The fraction of sp³-hybridized carbons (Fsp3) is 0.625. The molecule has 0 bridgehead atoms. The first-order valence-corrected chi connectivity index (χ1v) is 7.66. The van der Waals surface area contributed by atoms with Gasteiger partial charge in [0.1, 0.15) is 13.2 Å². The van der Waals surface area contributed by atoms with Crippen LogP contribution in [0.2, 0.25) is 0 Å². The number of hydrogen-bond donors (Lipinski definition) is 1. The van der Waals surface area contributed by atoms with E-state index in [1.807, 2.05) is 12.1 Å². The van der Waals surface area contributed by atoms with Gasteiger partial charge >= 0.3 is 0 Å². The van der Waals surface area contributed by atoms with E-state index >= 15 is 0 Å². The van der Waals surface area contributed by atoms with Crippen LogP contribution in [0.4, 0.5) is 5.69 Å². The Kier molecular flexibility index (Phi) is 4.51. The summed E-state index contributed by atoms with van der Waals surface area (Å²) in [5.74, 6) is 2.37. The van der Waals surface area contributed by atoms with Crippen molar-refractivity contribution in [3.8, 4) is 11.5 Å². The van der Waals surface area contributed by atoms with Gasteiger partial charge in [-0.15, -0.1) is 0 Å². The molecular weight excluding hydrogens is 268 g/mol. The zero-order chi connectivity index (χ0) is 14.7. The average molecular weight is 292 g/mol. The molecule has 1 aromatic carbocycles. The third kappa shape index (κ3) is 4.02. The van der Waals surface area contributed by atoms with Crippen molar-refractivity contribution in [3.05, 3.63) is 17.7 Å². The number of rotatable bonds is 7. The molecule has 0 saturated heterocycles. The van der Waals surface area contributed by atoms with E-state index < -0.39 is 0 Å². The van der Waals surface area contributed by atoms with Crippen LogP contribution < -0.4 is 15.2 Å². The fourth-order valence-corrected chi connectivity index (χ4v) is 2.41. The maximum absolute atomic E-state index is 6.10. The zero-order valence-corrected chi connectivity index (χ0v) is 12.6. The Morgan fingerprint density at radius 1 is 1.24 bits per heavy atom. The minimum atomic E-state index is 0.587. The topological polar surface area (TPSA) is 57.0 Å². The first kappa shape index (κ1) is 14.5. The number of nitrogens with two attached hydrogens (primary N) is 1. The van der Waals surface area contributed by atoms with Gasteiger partial charge < -0.3 is 19.9 Å². The molecule has 0 radical (unpaired) electrons. The summed E-state index contributed by atoms with van der Waals surface area (Å²) in [4.78, 5) is 2.22. The Hall–Kier alpha value is -1.46. The van der Waals surface area contributed by atoms with Crippen molar-refractivity contribution in [2.75, 3.05) is 45.8 Å². The minimum absolute atomic E-state index is 0.587. The number of anilines is 1. The Morgan fingerprint density at radius 3 is 2.67 bits per heavy atom. The van der Waals surface area contributed by atoms with E-state index in [1.165, 1.54) is 12.8 Å². The van der Waals surface area contributed by atoms with Crippen molar-refractivity contribution in [2.24, 2.45) is 5.92 Å². The van der Waals surface area contributed by atoms with Gasteiger partial charge in [-0.1, -0.05) is 0 Å². The highest BCUT2D eigenvalue weighted by Gasteiger charge is 2.21. The Bertz CT molecular complexity index is 489. The van der Waals surface area contributed by atoms with E-state index in [2.05, 4.69) is 11.9 Å². The van der Waals surface area contributed by atoms with E-state index in [0.29, 0.717) is 13.2 Å². The number of fused-ring (bicyclic) bond motifs is 1. The summed E-state index contributed by atoms with van der Waals surface area (Å²) in [6.45, 7) is 4.57. The molecule has 2 N–H and O–H groups in total. The summed E-state index contributed by atoms with van der Waals surface area (Å²) in [7, 11) is 2.08. The molecule has 5 nitrogen and oxygen atoms in total. The number of nitrogens with zero attached hydrogens (tertiary/aromatic N) is 1. The number of benzene rings is 1. The predicted molar refractivity (Wildman–Crippen MR) is 81.7 cm³/mol. The van der Waals surface area contributed by atoms with Gasteiger partial charge in [-0.2, -0.15) is 0 Å². The SMILES string of the molecule is CN(CCOCC1CC1)Cc1cc2c(cc1N)OCCO2. The van der Waals surface area contributed by atoms with Crippen LogP contribution in [0.5, 0.6) is 11.5 Å². The Morgan fingerprint density at radius 2 is 1.95 bits per heavy atom. The molecule has 0 amide bonds. The second-order valence-electron chi connectivity index (χ2n) is 5.95. The van der Waals surface area contributed by atoms with Gasteiger partial charge in [0.15, 0.2) is 11.5 Å². The van der Waals surface area contributed by atoms with Gasteiger partial charge in [-0.3, -0.25) is 4.90 Å². The summed E-state index contributed by atoms with van der Waals surface area (Å²) in [5.41, 5.74) is 7.93. The smallest absolute Gasteiger partial charge is 0.163 e.